The zero-order valence-corrected chi connectivity index (χ0v) is 22.0. The van der Waals surface area contributed by atoms with E-state index in [-0.39, 0.29) is 17.9 Å². The van der Waals surface area contributed by atoms with Crippen LogP contribution in [0.2, 0.25) is 0 Å². The number of aliphatic hydroxyl groups is 1. The number of aliphatic hydroxyl groups excluding tert-OH is 1. The summed E-state index contributed by atoms with van der Waals surface area (Å²) in [5.41, 5.74) is 2.74. The summed E-state index contributed by atoms with van der Waals surface area (Å²) >= 11 is 3.46. The summed E-state index contributed by atoms with van der Waals surface area (Å²) in [5, 5.41) is 11.3. The Kier molecular flexibility index (Phi) is 7.35. The van der Waals surface area contributed by atoms with Crippen LogP contribution in [0.1, 0.15) is 28.3 Å². The first-order valence-electron chi connectivity index (χ1n) is 11.2. The van der Waals surface area contributed by atoms with Crippen LogP contribution in [-0.4, -0.2) is 43.0 Å². The number of nitrogens with zero attached hydrogens (tertiary/aromatic N) is 1. The molecular weight excluding hydrogens is 526 g/mol. The molecule has 0 spiro atoms. The molecule has 0 aliphatic carbocycles. The summed E-state index contributed by atoms with van der Waals surface area (Å²) < 4.78 is 17.0. The van der Waals surface area contributed by atoms with Crippen molar-refractivity contribution in [1.82, 2.24) is 4.90 Å². The predicted molar refractivity (Wildman–Crippen MR) is 139 cm³/mol. The second kappa shape index (κ2) is 10.5. The molecule has 1 aliphatic rings. The van der Waals surface area contributed by atoms with Crippen molar-refractivity contribution in [3.63, 3.8) is 0 Å². The number of carbonyl (C=O) groups excluding carboxylic acids is 2. The van der Waals surface area contributed by atoms with Crippen LogP contribution >= 0.6 is 15.9 Å². The molecule has 1 atom stereocenters. The Hall–Kier alpha value is -3.78. The quantitative estimate of drug-likeness (QED) is 0.240. The topological polar surface area (TPSA) is 85.3 Å². The number of aryl methyl sites for hydroxylation is 1. The van der Waals surface area contributed by atoms with Gasteiger partial charge in [0.15, 0.2) is 11.5 Å². The number of hydrogen-bond donors (Lipinski definition) is 1. The van der Waals surface area contributed by atoms with E-state index in [1.807, 2.05) is 6.92 Å². The lowest BCUT2D eigenvalue weighted by Gasteiger charge is -2.26. The van der Waals surface area contributed by atoms with Crippen molar-refractivity contribution < 1.29 is 28.9 Å². The average molecular weight is 552 g/mol. The van der Waals surface area contributed by atoms with Gasteiger partial charge in [-0.1, -0.05) is 40.2 Å². The maximum Gasteiger partial charge on any atom is 0.295 e. The van der Waals surface area contributed by atoms with Gasteiger partial charge in [0, 0.05) is 16.6 Å². The Bertz CT molecular complexity index is 1370. The van der Waals surface area contributed by atoms with E-state index >= 15 is 0 Å². The number of amides is 1. The van der Waals surface area contributed by atoms with Gasteiger partial charge in [0.25, 0.3) is 11.7 Å². The summed E-state index contributed by atoms with van der Waals surface area (Å²) in [7, 11) is 4.62. The van der Waals surface area contributed by atoms with Gasteiger partial charge in [-0.25, -0.2) is 0 Å². The van der Waals surface area contributed by atoms with E-state index in [2.05, 4.69) is 15.9 Å². The van der Waals surface area contributed by atoms with Crippen molar-refractivity contribution in [2.24, 2.45) is 0 Å². The summed E-state index contributed by atoms with van der Waals surface area (Å²) in [6.45, 7) is 2.00. The molecule has 1 fully saturated rings. The van der Waals surface area contributed by atoms with E-state index in [4.69, 9.17) is 14.2 Å². The van der Waals surface area contributed by atoms with Crippen molar-refractivity contribution in [2.45, 2.75) is 19.5 Å². The number of ketones is 1. The maximum atomic E-state index is 13.3. The monoisotopic (exact) mass is 551 g/mol. The van der Waals surface area contributed by atoms with Crippen molar-refractivity contribution in [3.05, 3.63) is 93.0 Å². The third-order valence-electron chi connectivity index (χ3n) is 6.18. The highest BCUT2D eigenvalue weighted by atomic mass is 79.9. The minimum atomic E-state index is -0.822. The van der Waals surface area contributed by atoms with Crippen LogP contribution in [0, 0.1) is 6.92 Å². The minimum Gasteiger partial charge on any atom is -0.507 e. The van der Waals surface area contributed by atoms with Gasteiger partial charge in [-0.15, -0.1) is 0 Å². The number of likely N-dealkylation sites (tertiary alicyclic amines) is 1. The zero-order chi connectivity index (χ0) is 26.0. The van der Waals surface area contributed by atoms with E-state index in [1.165, 1.54) is 12.0 Å². The standard InChI is InChI=1S/C28H26BrNO6/c1-16-12-19(9-10-21(16)29)26(31)24-25(18-6-5-7-20(14-18)34-2)30(28(33)27(24)32)15-17-8-11-22(35-3)23(13-17)36-4/h5-14,25,31H,15H2,1-4H3/b26-24-. The predicted octanol–water partition coefficient (Wildman–Crippen LogP) is 5.41. The number of Topliss-reactive ketones (excluding diaryl/α,β-unsaturated/α-hetero) is 1. The van der Waals surface area contributed by atoms with Crippen molar-refractivity contribution >= 4 is 33.4 Å². The summed E-state index contributed by atoms with van der Waals surface area (Å²) in [6, 6.07) is 16.9. The molecule has 1 saturated heterocycles. The highest BCUT2D eigenvalue weighted by Gasteiger charge is 2.46. The number of benzene rings is 3. The van der Waals surface area contributed by atoms with Crippen LogP contribution in [-0.2, 0) is 16.1 Å². The van der Waals surface area contributed by atoms with Gasteiger partial charge in [-0.2, -0.15) is 0 Å². The fourth-order valence-electron chi connectivity index (χ4n) is 4.32. The smallest absolute Gasteiger partial charge is 0.295 e. The summed E-state index contributed by atoms with van der Waals surface area (Å²) in [4.78, 5) is 28.1. The number of carbonyl (C=O) groups is 2. The Morgan fingerprint density at radius 2 is 1.69 bits per heavy atom. The van der Waals surface area contributed by atoms with Crippen LogP contribution in [0.5, 0.6) is 17.2 Å². The van der Waals surface area contributed by atoms with E-state index in [0.29, 0.717) is 28.4 Å². The van der Waals surface area contributed by atoms with Crippen molar-refractivity contribution in [1.29, 1.82) is 0 Å². The van der Waals surface area contributed by atoms with Gasteiger partial charge in [0.2, 0.25) is 0 Å². The maximum absolute atomic E-state index is 13.3. The highest BCUT2D eigenvalue weighted by molar-refractivity contribution is 9.10. The van der Waals surface area contributed by atoms with Crippen LogP contribution in [0.15, 0.2) is 70.7 Å². The Labute approximate surface area is 218 Å². The van der Waals surface area contributed by atoms with Gasteiger partial charge < -0.3 is 24.2 Å². The first-order chi connectivity index (χ1) is 17.3. The van der Waals surface area contributed by atoms with Gasteiger partial charge in [0.1, 0.15) is 11.5 Å². The Morgan fingerprint density at radius 1 is 0.944 bits per heavy atom. The molecule has 1 unspecified atom stereocenters. The molecule has 7 nitrogen and oxygen atoms in total. The molecule has 3 aromatic carbocycles. The van der Waals surface area contributed by atoms with E-state index in [1.54, 1.807) is 74.9 Å². The summed E-state index contributed by atoms with van der Waals surface area (Å²) in [5.74, 6) is -0.0438. The SMILES string of the molecule is COc1cccc(C2/C(=C(/O)c3ccc(Br)c(C)c3)C(=O)C(=O)N2Cc2ccc(OC)c(OC)c2)c1. The van der Waals surface area contributed by atoms with Crippen LogP contribution in [0.3, 0.4) is 0 Å². The van der Waals surface area contributed by atoms with E-state index in [9.17, 15) is 14.7 Å². The molecule has 3 aromatic rings. The van der Waals surface area contributed by atoms with Gasteiger partial charge in [0.05, 0.1) is 32.9 Å². The van der Waals surface area contributed by atoms with Crippen molar-refractivity contribution in [2.75, 3.05) is 21.3 Å². The van der Waals surface area contributed by atoms with Gasteiger partial charge in [-0.05, 0) is 60.0 Å². The lowest BCUT2D eigenvalue weighted by atomic mass is 9.94. The number of ether oxygens (including phenoxy) is 3. The molecule has 1 amide bonds. The molecule has 1 N–H and O–H groups in total. The van der Waals surface area contributed by atoms with E-state index < -0.39 is 17.7 Å². The van der Waals surface area contributed by atoms with Gasteiger partial charge in [-0.3, -0.25) is 9.59 Å². The van der Waals surface area contributed by atoms with Crippen LogP contribution in [0.25, 0.3) is 5.76 Å². The molecule has 0 radical (unpaired) electrons. The molecule has 0 saturated carbocycles. The normalized spacial score (nSPS) is 16.8. The molecular formula is C28H26BrNO6. The number of methoxy groups -OCH3 is 3. The lowest BCUT2D eigenvalue weighted by Crippen LogP contribution is -2.29. The van der Waals surface area contributed by atoms with Crippen molar-refractivity contribution in [3.8, 4) is 17.2 Å². The minimum absolute atomic E-state index is 0.0236. The molecule has 0 bridgehead atoms. The molecule has 0 aromatic heterocycles. The van der Waals surface area contributed by atoms with Gasteiger partial charge >= 0.3 is 0 Å². The third kappa shape index (κ3) is 4.68. The largest absolute Gasteiger partial charge is 0.507 e. The molecule has 36 heavy (non-hydrogen) atoms. The first-order valence-corrected chi connectivity index (χ1v) is 12.0. The molecule has 186 valence electrons. The third-order valence-corrected chi connectivity index (χ3v) is 7.07. The van der Waals surface area contributed by atoms with Crippen LogP contribution in [0.4, 0.5) is 0 Å². The second-order valence-corrected chi connectivity index (χ2v) is 9.21. The van der Waals surface area contributed by atoms with E-state index in [0.717, 1.165) is 15.6 Å². The number of hydrogen-bond acceptors (Lipinski definition) is 6. The first kappa shape index (κ1) is 25.3. The zero-order valence-electron chi connectivity index (χ0n) is 20.4. The molecule has 8 heteroatoms. The Morgan fingerprint density at radius 3 is 2.36 bits per heavy atom. The fourth-order valence-corrected chi connectivity index (χ4v) is 4.57. The van der Waals surface area contributed by atoms with Crippen LogP contribution < -0.4 is 14.2 Å². The molecule has 1 aliphatic heterocycles. The summed E-state index contributed by atoms with van der Waals surface area (Å²) in [6.07, 6.45) is 0. The second-order valence-electron chi connectivity index (χ2n) is 8.36. The molecule has 4 rings (SSSR count). The number of rotatable bonds is 7. The Balaban J connectivity index is 1.86. The lowest BCUT2D eigenvalue weighted by molar-refractivity contribution is -0.140. The fraction of sp³-hybridized carbons (Fsp3) is 0.214. The molecule has 1 heterocycles. The average Bonchev–Trinajstić information content (AvgIpc) is 3.14. The highest BCUT2D eigenvalue weighted by Crippen LogP contribution is 2.42. The number of halogens is 1.